The third-order valence-electron chi connectivity index (χ3n) is 3.37. The average Bonchev–Trinajstić information content (AvgIpc) is 2.51. The van der Waals surface area contributed by atoms with Crippen molar-refractivity contribution in [3.05, 3.63) is 30.3 Å². The quantitative estimate of drug-likeness (QED) is 0.303. The molecule has 7 nitrogen and oxygen atoms in total. The first kappa shape index (κ1) is 17.5. The van der Waals surface area contributed by atoms with Crippen LogP contribution in [0.15, 0.2) is 34.7 Å². The standard InChI is InChI=1S/C16H12O7.BrH/c1-22-13-4-8(17)5-14-9(13)6-12(20)16(23-14)7-2-10(18)15(21)11(19)3-7;/h2-6H,1H3,(H4-,17,18,19,20,21);1H. The van der Waals surface area contributed by atoms with Crippen molar-refractivity contribution in [2.24, 2.45) is 0 Å². The SMILES string of the molecule is COc1cc(O)cc2[o+]c(-c3cc(O)c(O)c(O)c3)c(O)cc12.[Br-]. The van der Waals surface area contributed by atoms with Gasteiger partial charge in [-0.15, -0.1) is 0 Å². The topological polar surface area (TPSA) is 122 Å². The molecular formula is C16H13BrO7. The Morgan fingerprint density at radius 2 is 1.46 bits per heavy atom. The second kappa shape index (κ2) is 6.32. The fraction of sp³-hybridized carbons (Fsp3) is 0.0625. The van der Waals surface area contributed by atoms with Crippen LogP contribution >= 0.6 is 0 Å². The Balaban J connectivity index is 0.00000208. The van der Waals surface area contributed by atoms with Gasteiger partial charge in [-0.1, -0.05) is 0 Å². The molecule has 0 amide bonds. The number of ether oxygens (including phenoxy) is 1. The summed E-state index contributed by atoms with van der Waals surface area (Å²) >= 11 is 0. The number of fused-ring (bicyclic) bond motifs is 1. The van der Waals surface area contributed by atoms with Crippen LogP contribution in [-0.4, -0.2) is 32.6 Å². The molecule has 2 aromatic carbocycles. The highest BCUT2D eigenvalue weighted by Crippen LogP contribution is 2.43. The number of halogens is 1. The molecule has 1 heterocycles. The normalized spacial score (nSPS) is 10.4. The first-order valence-electron chi connectivity index (χ1n) is 6.53. The molecule has 0 saturated heterocycles. The van der Waals surface area contributed by atoms with Crippen LogP contribution in [-0.2, 0) is 0 Å². The van der Waals surface area contributed by atoms with E-state index in [-0.39, 0.29) is 45.4 Å². The first-order valence-corrected chi connectivity index (χ1v) is 6.53. The summed E-state index contributed by atoms with van der Waals surface area (Å²) < 4.78 is 10.7. The van der Waals surface area contributed by atoms with Crippen LogP contribution in [0.5, 0.6) is 34.5 Å². The van der Waals surface area contributed by atoms with E-state index < -0.39 is 17.2 Å². The summed E-state index contributed by atoms with van der Waals surface area (Å²) in [6.07, 6.45) is 0. The van der Waals surface area contributed by atoms with E-state index in [1.54, 1.807) is 0 Å². The minimum absolute atomic E-state index is 0. The molecule has 8 heteroatoms. The minimum Gasteiger partial charge on any atom is -1.00 e. The Kier molecular flexibility index (Phi) is 4.61. The molecule has 3 aromatic rings. The van der Waals surface area contributed by atoms with Gasteiger partial charge in [-0.3, -0.25) is 0 Å². The molecule has 0 aliphatic carbocycles. The van der Waals surface area contributed by atoms with Crippen molar-refractivity contribution in [3.8, 4) is 45.8 Å². The van der Waals surface area contributed by atoms with Crippen LogP contribution in [0.1, 0.15) is 0 Å². The molecular weight excluding hydrogens is 384 g/mol. The van der Waals surface area contributed by atoms with Crippen molar-refractivity contribution in [1.82, 2.24) is 0 Å². The van der Waals surface area contributed by atoms with Gasteiger partial charge in [-0.05, 0) is 0 Å². The second-order valence-corrected chi connectivity index (χ2v) is 4.88. The van der Waals surface area contributed by atoms with Gasteiger partial charge in [-0.2, -0.15) is 0 Å². The molecule has 0 aliphatic rings. The highest BCUT2D eigenvalue weighted by molar-refractivity contribution is 5.88. The molecule has 0 atom stereocenters. The fourth-order valence-electron chi connectivity index (χ4n) is 2.29. The summed E-state index contributed by atoms with van der Waals surface area (Å²) in [5.74, 6) is -1.92. The monoisotopic (exact) mass is 396 g/mol. The van der Waals surface area contributed by atoms with Crippen LogP contribution in [0, 0.1) is 0 Å². The summed E-state index contributed by atoms with van der Waals surface area (Å²) in [6.45, 7) is 0. The Labute approximate surface area is 146 Å². The number of hydrogen-bond acceptors (Lipinski definition) is 6. The number of rotatable bonds is 2. The lowest BCUT2D eigenvalue weighted by Crippen LogP contribution is -3.00. The largest absolute Gasteiger partial charge is 1.00 e. The van der Waals surface area contributed by atoms with E-state index >= 15 is 0 Å². The maximum Gasteiger partial charge on any atom is 0.402 e. The lowest BCUT2D eigenvalue weighted by Gasteiger charge is -2.04. The van der Waals surface area contributed by atoms with Crippen LogP contribution in [0.25, 0.3) is 22.3 Å². The van der Waals surface area contributed by atoms with Crippen molar-refractivity contribution in [2.45, 2.75) is 0 Å². The zero-order valence-corrected chi connectivity index (χ0v) is 13.9. The Hall–Kier alpha value is -2.87. The Morgan fingerprint density at radius 1 is 0.833 bits per heavy atom. The summed E-state index contributed by atoms with van der Waals surface area (Å²) in [6, 6.07) is 6.32. The van der Waals surface area contributed by atoms with E-state index in [0.29, 0.717) is 11.1 Å². The number of aromatic hydroxyl groups is 5. The summed E-state index contributed by atoms with van der Waals surface area (Å²) in [5, 5.41) is 48.8. The van der Waals surface area contributed by atoms with E-state index in [0.717, 1.165) is 12.1 Å². The smallest absolute Gasteiger partial charge is 0.402 e. The van der Waals surface area contributed by atoms with Crippen molar-refractivity contribution in [1.29, 1.82) is 0 Å². The lowest BCUT2D eigenvalue weighted by atomic mass is 10.1. The first-order chi connectivity index (χ1) is 10.9. The summed E-state index contributed by atoms with van der Waals surface area (Å²) in [5.41, 5.74) is 0.362. The van der Waals surface area contributed by atoms with Gasteiger partial charge >= 0.3 is 11.3 Å². The van der Waals surface area contributed by atoms with Gasteiger partial charge in [0.1, 0.15) is 16.9 Å². The highest BCUT2D eigenvalue weighted by Gasteiger charge is 2.26. The third kappa shape index (κ3) is 2.83. The maximum absolute atomic E-state index is 10.2. The van der Waals surface area contributed by atoms with Gasteiger partial charge in [0, 0.05) is 24.3 Å². The summed E-state index contributed by atoms with van der Waals surface area (Å²) in [4.78, 5) is 0. The molecule has 24 heavy (non-hydrogen) atoms. The van der Waals surface area contributed by atoms with Gasteiger partial charge < -0.3 is 47.3 Å². The van der Waals surface area contributed by atoms with E-state index in [4.69, 9.17) is 9.15 Å². The molecule has 0 radical (unpaired) electrons. The Bertz CT molecular complexity index is 901. The number of methoxy groups -OCH3 is 1. The van der Waals surface area contributed by atoms with E-state index in [2.05, 4.69) is 0 Å². The molecule has 0 fully saturated rings. The predicted molar refractivity (Wildman–Crippen MR) is 80.9 cm³/mol. The predicted octanol–water partition coefficient (Wildman–Crippen LogP) is -0.0785. The van der Waals surface area contributed by atoms with Gasteiger partial charge in [0.15, 0.2) is 17.2 Å². The molecule has 0 spiro atoms. The maximum atomic E-state index is 10.2. The zero-order valence-electron chi connectivity index (χ0n) is 12.3. The van der Waals surface area contributed by atoms with E-state index in [1.807, 2.05) is 0 Å². The lowest BCUT2D eigenvalue weighted by molar-refractivity contribution is -0.00000997. The van der Waals surface area contributed by atoms with Crippen molar-refractivity contribution in [2.75, 3.05) is 7.11 Å². The van der Waals surface area contributed by atoms with E-state index in [9.17, 15) is 25.5 Å². The fourth-order valence-corrected chi connectivity index (χ4v) is 2.29. The molecule has 0 unspecified atom stereocenters. The molecule has 5 N–H and O–H groups in total. The van der Waals surface area contributed by atoms with Crippen LogP contribution in [0.2, 0.25) is 0 Å². The molecule has 0 saturated carbocycles. The van der Waals surface area contributed by atoms with Gasteiger partial charge in [0.2, 0.25) is 5.75 Å². The van der Waals surface area contributed by atoms with Crippen molar-refractivity contribution >= 4 is 11.0 Å². The second-order valence-electron chi connectivity index (χ2n) is 4.88. The van der Waals surface area contributed by atoms with Gasteiger partial charge in [-0.25, -0.2) is 4.42 Å². The highest BCUT2D eigenvalue weighted by atomic mass is 79.9. The van der Waals surface area contributed by atoms with Crippen LogP contribution in [0.3, 0.4) is 0 Å². The van der Waals surface area contributed by atoms with Crippen LogP contribution in [0.4, 0.5) is 0 Å². The molecule has 1 aromatic heterocycles. The number of hydrogen-bond donors (Lipinski definition) is 5. The van der Waals surface area contributed by atoms with Crippen molar-refractivity contribution < 1.29 is 51.7 Å². The number of phenolic OH excluding ortho intramolecular Hbond substituents is 4. The number of phenols is 4. The Morgan fingerprint density at radius 3 is 2.04 bits per heavy atom. The zero-order chi connectivity index (χ0) is 16.7. The molecule has 0 aliphatic heterocycles. The molecule has 0 bridgehead atoms. The van der Waals surface area contributed by atoms with Gasteiger partial charge in [0.05, 0.1) is 18.7 Å². The van der Waals surface area contributed by atoms with Crippen molar-refractivity contribution in [3.63, 3.8) is 0 Å². The van der Waals surface area contributed by atoms with Crippen LogP contribution < -0.4 is 21.7 Å². The third-order valence-corrected chi connectivity index (χ3v) is 3.37. The minimum atomic E-state index is -0.673. The molecule has 126 valence electrons. The van der Waals surface area contributed by atoms with Gasteiger partial charge in [0.25, 0.3) is 0 Å². The summed E-state index contributed by atoms with van der Waals surface area (Å²) in [7, 11) is 1.41. The number of benzene rings is 2. The average molecular weight is 397 g/mol. The van der Waals surface area contributed by atoms with E-state index in [1.165, 1.54) is 25.3 Å². The molecule has 3 rings (SSSR count).